The fourth-order valence-corrected chi connectivity index (χ4v) is 6.81. The minimum atomic E-state index is -3.69. The smallest absolute Gasteiger partial charge is 0.243 e. The van der Waals surface area contributed by atoms with Crippen molar-refractivity contribution in [3.63, 3.8) is 0 Å². The Morgan fingerprint density at radius 2 is 1.78 bits per heavy atom. The van der Waals surface area contributed by atoms with Gasteiger partial charge in [0.2, 0.25) is 15.9 Å². The van der Waals surface area contributed by atoms with E-state index in [9.17, 15) is 13.2 Å². The predicted molar refractivity (Wildman–Crippen MR) is 140 cm³/mol. The van der Waals surface area contributed by atoms with Crippen molar-refractivity contribution < 1.29 is 17.9 Å². The minimum absolute atomic E-state index is 0.0518. The molecule has 9 heteroatoms. The van der Waals surface area contributed by atoms with Gasteiger partial charge in [0.15, 0.2) is 0 Å². The lowest BCUT2D eigenvalue weighted by Crippen LogP contribution is -2.53. The van der Waals surface area contributed by atoms with E-state index in [1.54, 1.807) is 18.2 Å². The number of fused-ring (bicyclic) bond motifs is 1. The molecule has 8 nitrogen and oxygen atoms in total. The van der Waals surface area contributed by atoms with Crippen LogP contribution in [0, 0.1) is 12.8 Å². The number of aromatic nitrogens is 1. The largest absolute Gasteiger partial charge is 0.497 e. The van der Waals surface area contributed by atoms with Crippen molar-refractivity contribution in [2.45, 2.75) is 24.7 Å². The number of amides is 1. The summed E-state index contributed by atoms with van der Waals surface area (Å²) < 4.78 is 33.2. The maximum atomic E-state index is 13.4. The summed E-state index contributed by atoms with van der Waals surface area (Å²) in [6, 6.07) is 16.8. The van der Waals surface area contributed by atoms with E-state index in [-0.39, 0.29) is 23.3 Å². The average Bonchev–Trinajstić information content (AvgIpc) is 2.92. The number of hydrogen-bond donors (Lipinski definition) is 0. The summed E-state index contributed by atoms with van der Waals surface area (Å²) in [6.07, 6.45) is 1.37. The molecular formula is C27H32N4O4S. The zero-order valence-electron chi connectivity index (χ0n) is 20.8. The summed E-state index contributed by atoms with van der Waals surface area (Å²) >= 11 is 0. The summed E-state index contributed by atoms with van der Waals surface area (Å²) in [7, 11) is -2.18. The number of piperidine rings is 1. The third-order valence-corrected chi connectivity index (χ3v) is 9.03. The highest BCUT2D eigenvalue weighted by Crippen LogP contribution is 2.30. The molecule has 0 aliphatic carbocycles. The Hall–Kier alpha value is -3.17. The fourth-order valence-electron chi connectivity index (χ4n) is 5.25. The Morgan fingerprint density at radius 1 is 1.00 bits per heavy atom. The Morgan fingerprint density at radius 3 is 2.56 bits per heavy atom. The van der Waals surface area contributed by atoms with E-state index in [0.717, 1.165) is 35.4 Å². The summed E-state index contributed by atoms with van der Waals surface area (Å²) in [5, 5.41) is 1.12. The van der Waals surface area contributed by atoms with Crippen molar-refractivity contribution in [2.75, 3.05) is 51.3 Å². The first-order valence-electron chi connectivity index (χ1n) is 12.4. The Balaban J connectivity index is 1.26. The topological polar surface area (TPSA) is 83.0 Å². The van der Waals surface area contributed by atoms with Crippen LogP contribution in [0.2, 0.25) is 0 Å². The van der Waals surface area contributed by atoms with E-state index in [4.69, 9.17) is 4.74 Å². The number of anilines is 1. The van der Waals surface area contributed by atoms with Crippen molar-refractivity contribution in [1.29, 1.82) is 0 Å². The molecule has 0 saturated carbocycles. The molecule has 3 aromatic rings. The van der Waals surface area contributed by atoms with Gasteiger partial charge in [0.05, 0.1) is 23.4 Å². The molecule has 2 aliphatic heterocycles. The maximum Gasteiger partial charge on any atom is 0.243 e. The van der Waals surface area contributed by atoms with E-state index in [1.165, 1.54) is 17.5 Å². The number of pyridine rings is 1. The second-order valence-electron chi connectivity index (χ2n) is 9.49. The maximum absolute atomic E-state index is 13.4. The molecule has 190 valence electrons. The number of aryl methyl sites for hydroxylation is 1. The highest BCUT2D eigenvalue weighted by molar-refractivity contribution is 7.89. The number of nitrogens with zero attached hydrogens (tertiary/aromatic N) is 4. The van der Waals surface area contributed by atoms with Crippen LogP contribution in [0.3, 0.4) is 0 Å². The minimum Gasteiger partial charge on any atom is -0.497 e. The summed E-state index contributed by atoms with van der Waals surface area (Å²) in [4.78, 5) is 22.5. The van der Waals surface area contributed by atoms with E-state index in [1.807, 2.05) is 30.0 Å². The highest BCUT2D eigenvalue weighted by Gasteiger charge is 2.36. The van der Waals surface area contributed by atoms with Crippen molar-refractivity contribution in [2.24, 2.45) is 5.92 Å². The van der Waals surface area contributed by atoms with Crippen molar-refractivity contribution in [3.8, 4) is 5.75 Å². The lowest BCUT2D eigenvalue weighted by atomic mass is 9.97. The molecule has 2 saturated heterocycles. The third-order valence-electron chi connectivity index (χ3n) is 7.17. The second kappa shape index (κ2) is 10.1. The van der Waals surface area contributed by atoms with Crippen LogP contribution in [0.25, 0.3) is 10.9 Å². The number of rotatable bonds is 5. The first-order chi connectivity index (χ1) is 17.4. The van der Waals surface area contributed by atoms with E-state index in [0.29, 0.717) is 38.2 Å². The van der Waals surface area contributed by atoms with Crippen LogP contribution in [0.4, 0.5) is 5.69 Å². The molecule has 5 rings (SSSR count). The van der Waals surface area contributed by atoms with Crippen molar-refractivity contribution in [1.82, 2.24) is 14.2 Å². The van der Waals surface area contributed by atoms with Gasteiger partial charge in [-0.2, -0.15) is 4.31 Å². The molecule has 3 heterocycles. The van der Waals surface area contributed by atoms with Gasteiger partial charge in [-0.1, -0.05) is 24.3 Å². The quantitative estimate of drug-likeness (QED) is 0.526. The van der Waals surface area contributed by atoms with Crippen LogP contribution in [0.5, 0.6) is 5.75 Å². The number of hydrogen-bond acceptors (Lipinski definition) is 6. The molecule has 2 aliphatic rings. The van der Waals surface area contributed by atoms with Crippen molar-refractivity contribution in [3.05, 3.63) is 60.3 Å². The van der Waals surface area contributed by atoms with Gasteiger partial charge in [0.1, 0.15) is 5.75 Å². The monoisotopic (exact) mass is 508 g/mol. The van der Waals surface area contributed by atoms with Gasteiger partial charge < -0.3 is 14.5 Å². The summed E-state index contributed by atoms with van der Waals surface area (Å²) in [5.41, 5.74) is 3.10. The molecule has 1 amide bonds. The molecule has 2 fully saturated rings. The van der Waals surface area contributed by atoms with Crippen LogP contribution < -0.4 is 9.64 Å². The highest BCUT2D eigenvalue weighted by atomic mass is 32.2. The van der Waals surface area contributed by atoms with Gasteiger partial charge >= 0.3 is 0 Å². The molecule has 0 radical (unpaired) electrons. The van der Waals surface area contributed by atoms with Gasteiger partial charge in [0.25, 0.3) is 0 Å². The predicted octanol–water partition coefficient (Wildman–Crippen LogP) is 3.30. The molecule has 1 atom stereocenters. The number of benzene rings is 2. The lowest BCUT2D eigenvalue weighted by Gasteiger charge is -2.39. The molecule has 0 spiro atoms. The zero-order chi connectivity index (χ0) is 25.3. The van der Waals surface area contributed by atoms with Gasteiger partial charge in [-0.3, -0.25) is 9.78 Å². The standard InChI is InChI=1S/C27H32N4O4S/c1-20-17-26(24-10-3-4-11-25(24)28-20)29-13-15-30(16-14-29)27(32)21-7-6-12-31(19-21)36(33,34)23-9-5-8-22(18-23)35-2/h3-5,8-11,17-18,21H,6-7,12-16,19H2,1-2H3. The molecule has 0 N–H and O–H groups in total. The molecule has 1 aromatic heterocycles. The van der Waals surface area contributed by atoms with Gasteiger partial charge in [0, 0.05) is 62.1 Å². The van der Waals surface area contributed by atoms with Crippen molar-refractivity contribution >= 4 is 32.5 Å². The van der Waals surface area contributed by atoms with E-state index in [2.05, 4.69) is 22.0 Å². The van der Waals surface area contributed by atoms with Crippen LogP contribution in [0.15, 0.2) is 59.5 Å². The Kier molecular flexibility index (Phi) is 6.85. The third kappa shape index (κ3) is 4.77. The fraction of sp³-hybridized carbons (Fsp3) is 0.407. The van der Waals surface area contributed by atoms with E-state index < -0.39 is 10.0 Å². The number of ether oxygens (including phenoxy) is 1. The second-order valence-corrected chi connectivity index (χ2v) is 11.4. The van der Waals surface area contributed by atoms with Gasteiger partial charge in [-0.05, 0) is 44.0 Å². The molecule has 36 heavy (non-hydrogen) atoms. The summed E-state index contributed by atoms with van der Waals surface area (Å²) in [5.74, 6) is 0.224. The lowest BCUT2D eigenvalue weighted by molar-refractivity contribution is -0.137. The van der Waals surface area contributed by atoms with E-state index >= 15 is 0 Å². The van der Waals surface area contributed by atoms with Crippen LogP contribution >= 0.6 is 0 Å². The number of para-hydroxylation sites is 1. The zero-order valence-corrected chi connectivity index (χ0v) is 21.6. The normalized spacial score (nSPS) is 19.4. The molecule has 1 unspecified atom stereocenters. The van der Waals surface area contributed by atoms with Crippen LogP contribution in [-0.2, 0) is 14.8 Å². The Labute approximate surface area is 212 Å². The number of carbonyl (C=O) groups is 1. The summed E-state index contributed by atoms with van der Waals surface area (Å²) in [6.45, 7) is 5.35. The molecular weight excluding hydrogens is 476 g/mol. The number of carbonyl (C=O) groups excluding carboxylic acids is 1. The SMILES string of the molecule is COc1cccc(S(=O)(=O)N2CCCC(C(=O)N3CCN(c4cc(C)nc5ccccc45)CC3)C2)c1. The average molecular weight is 509 g/mol. The molecule has 0 bridgehead atoms. The first-order valence-corrected chi connectivity index (χ1v) is 13.8. The number of methoxy groups -OCH3 is 1. The van der Waals surface area contributed by atoms with Crippen LogP contribution in [0.1, 0.15) is 18.5 Å². The molecule has 2 aromatic carbocycles. The number of sulfonamides is 1. The Bertz CT molecular complexity index is 1370. The first kappa shape index (κ1) is 24.5. The van der Waals surface area contributed by atoms with Gasteiger partial charge in [-0.25, -0.2) is 8.42 Å². The number of piperazine rings is 1. The van der Waals surface area contributed by atoms with Crippen LogP contribution in [-0.4, -0.2) is 74.9 Å². The van der Waals surface area contributed by atoms with Gasteiger partial charge in [-0.15, -0.1) is 0 Å².